The van der Waals surface area contributed by atoms with Gasteiger partial charge >= 0.3 is 12.1 Å². The minimum Gasteiger partial charge on any atom is -0.480 e. The molecular weight excluding hydrogens is 261 g/mol. The molecule has 0 unspecified atom stereocenters. The molecule has 1 atom stereocenters. The number of rotatable bonds is 5. The summed E-state index contributed by atoms with van der Waals surface area (Å²) >= 11 is 0. The first-order valence-electron chi connectivity index (χ1n) is 5.72. The molecule has 1 aromatic rings. The number of hydrogen-bond donors (Lipinski definition) is 2. The average Bonchev–Trinajstić information content (AvgIpc) is 2.26. The summed E-state index contributed by atoms with van der Waals surface area (Å²) in [6, 6.07) is 0.677. The molecule has 0 aromatic carbocycles. The molecule has 19 heavy (non-hydrogen) atoms. The highest BCUT2D eigenvalue weighted by molar-refractivity contribution is 5.76. The third kappa shape index (κ3) is 4.76. The van der Waals surface area contributed by atoms with Crippen LogP contribution < -0.4 is 5.32 Å². The molecule has 0 saturated heterocycles. The summed E-state index contributed by atoms with van der Waals surface area (Å²) in [5.41, 5.74) is -0.862. The summed E-state index contributed by atoms with van der Waals surface area (Å²) in [5.74, 6) is -1.12. The number of anilines is 1. The number of carboxylic acids is 1. The second-order valence-corrected chi connectivity index (χ2v) is 4.59. The topological polar surface area (TPSA) is 62.2 Å². The van der Waals surface area contributed by atoms with Crippen LogP contribution in [-0.2, 0) is 11.0 Å². The Balaban J connectivity index is 2.88. The largest absolute Gasteiger partial charge is 0.480 e. The fraction of sp³-hybridized carbons (Fsp3) is 0.500. The van der Waals surface area contributed by atoms with Gasteiger partial charge in [0, 0.05) is 6.20 Å². The van der Waals surface area contributed by atoms with Crippen molar-refractivity contribution in [3.8, 4) is 0 Å². The Morgan fingerprint density at radius 1 is 1.47 bits per heavy atom. The molecule has 106 valence electrons. The SMILES string of the molecule is CC(C)C[C@@H](Nc1cc(C(F)(F)F)ccn1)C(=O)O. The van der Waals surface area contributed by atoms with E-state index in [-0.39, 0.29) is 11.7 Å². The van der Waals surface area contributed by atoms with Crippen LogP contribution in [0.3, 0.4) is 0 Å². The van der Waals surface area contributed by atoms with Crippen molar-refractivity contribution < 1.29 is 23.1 Å². The maximum Gasteiger partial charge on any atom is 0.416 e. The lowest BCUT2D eigenvalue weighted by atomic mass is 10.0. The molecule has 0 fully saturated rings. The molecule has 0 saturated carbocycles. The Morgan fingerprint density at radius 3 is 2.58 bits per heavy atom. The summed E-state index contributed by atoms with van der Waals surface area (Å²) in [4.78, 5) is 14.7. The number of alkyl halides is 3. The van der Waals surface area contributed by atoms with Gasteiger partial charge in [0.1, 0.15) is 11.9 Å². The second kappa shape index (κ2) is 5.90. The first-order valence-corrected chi connectivity index (χ1v) is 5.72. The molecule has 7 heteroatoms. The van der Waals surface area contributed by atoms with Gasteiger partial charge in [-0.2, -0.15) is 13.2 Å². The molecule has 0 amide bonds. The van der Waals surface area contributed by atoms with E-state index in [0.29, 0.717) is 6.42 Å². The van der Waals surface area contributed by atoms with Gasteiger partial charge in [0.05, 0.1) is 5.56 Å². The molecule has 1 heterocycles. The quantitative estimate of drug-likeness (QED) is 0.867. The van der Waals surface area contributed by atoms with E-state index in [1.54, 1.807) is 0 Å². The van der Waals surface area contributed by atoms with Gasteiger partial charge < -0.3 is 10.4 Å². The zero-order valence-corrected chi connectivity index (χ0v) is 10.5. The predicted molar refractivity (Wildman–Crippen MR) is 63.7 cm³/mol. The predicted octanol–water partition coefficient (Wildman–Crippen LogP) is 3.01. The van der Waals surface area contributed by atoms with E-state index in [1.165, 1.54) is 0 Å². The zero-order chi connectivity index (χ0) is 14.6. The number of nitrogens with one attached hydrogen (secondary N) is 1. The molecule has 0 radical (unpaired) electrons. The molecule has 0 aliphatic carbocycles. The molecule has 1 aromatic heterocycles. The fourth-order valence-corrected chi connectivity index (χ4v) is 1.56. The van der Waals surface area contributed by atoms with Gasteiger partial charge in [-0.15, -0.1) is 0 Å². The van der Waals surface area contributed by atoms with Crippen LogP contribution in [-0.4, -0.2) is 22.1 Å². The number of pyridine rings is 1. The lowest BCUT2D eigenvalue weighted by Crippen LogP contribution is -2.31. The molecule has 1 rings (SSSR count). The van der Waals surface area contributed by atoms with Crippen molar-refractivity contribution in [2.75, 3.05) is 5.32 Å². The average molecular weight is 276 g/mol. The molecule has 2 N–H and O–H groups in total. The van der Waals surface area contributed by atoms with Crippen LogP contribution in [0, 0.1) is 5.92 Å². The summed E-state index contributed by atoms with van der Waals surface area (Å²) in [6.07, 6.45) is -3.18. The molecule has 0 aliphatic rings. The molecule has 0 aliphatic heterocycles. The highest BCUT2D eigenvalue weighted by atomic mass is 19.4. The van der Waals surface area contributed by atoms with E-state index in [2.05, 4.69) is 10.3 Å². The number of hydrogen-bond acceptors (Lipinski definition) is 3. The van der Waals surface area contributed by atoms with Crippen molar-refractivity contribution in [2.24, 2.45) is 5.92 Å². The van der Waals surface area contributed by atoms with Crippen LogP contribution in [0.2, 0.25) is 0 Å². The maximum absolute atomic E-state index is 12.5. The molecular formula is C12H15F3N2O2. The van der Waals surface area contributed by atoms with Gasteiger partial charge in [0.15, 0.2) is 0 Å². The van der Waals surface area contributed by atoms with E-state index in [0.717, 1.165) is 18.3 Å². The number of carbonyl (C=O) groups is 1. The number of aliphatic carboxylic acids is 1. The zero-order valence-electron chi connectivity index (χ0n) is 10.5. The number of aromatic nitrogens is 1. The van der Waals surface area contributed by atoms with E-state index >= 15 is 0 Å². The van der Waals surface area contributed by atoms with Crippen molar-refractivity contribution in [2.45, 2.75) is 32.5 Å². The van der Waals surface area contributed by atoms with Crippen molar-refractivity contribution in [1.29, 1.82) is 0 Å². The third-order valence-electron chi connectivity index (χ3n) is 2.41. The van der Waals surface area contributed by atoms with Gasteiger partial charge in [-0.3, -0.25) is 0 Å². The monoisotopic (exact) mass is 276 g/mol. The van der Waals surface area contributed by atoms with Crippen molar-refractivity contribution in [3.63, 3.8) is 0 Å². The van der Waals surface area contributed by atoms with Gasteiger partial charge in [0.25, 0.3) is 0 Å². The summed E-state index contributed by atoms with van der Waals surface area (Å²) in [5, 5.41) is 11.5. The van der Waals surface area contributed by atoms with Gasteiger partial charge in [0.2, 0.25) is 0 Å². The molecule has 4 nitrogen and oxygen atoms in total. The lowest BCUT2D eigenvalue weighted by Gasteiger charge is -2.17. The van der Waals surface area contributed by atoms with Crippen LogP contribution >= 0.6 is 0 Å². The minimum atomic E-state index is -4.48. The summed E-state index contributed by atoms with van der Waals surface area (Å²) in [6.45, 7) is 3.66. The van der Waals surface area contributed by atoms with E-state index in [1.807, 2.05) is 13.8 Å². The first kappa shape index (κ1) is 15.3. The number of carboxylic acid groups (broad SMARTS) is 1. The Labute approximate surface area is 108 Å². The van der Waals surface area contributed by atoms with Crippen molar-refractivity contribution >= 4 is 11.8 Å². The second-order valence-electron chi connectivity index (χ2n) is 4.59. The molecule has 0 spiro atoms. The first-order chi connectivity index (χ1) is 8.70. The highest BCUT2D eigenvalue weighted by Gasteiger charge is 2.31. The summed E-state index contributed by atoms with van der Waals surface area (Å²) < 4.78 is 37.5. The minimum absolute atomic E-state index is 0.0946. The number of halogens is 3. The highest BCUT2D eigenvalue weighted by Crippen LogP contribution is 2.30. The Kier molecular flexibility index (Phi) is 4.74. The Hall–Kier alpha value is -1.79. The van der Waals surface area contributed by atoms with E-state index in [9.17, 15) is 18.0 Å². The molecule has 0 bridgehead atoms. The smallest absolute Gasteiger partial charge is 0.416 e. The normalized spacial score (nSPS) is 13.4. The fourth-order valence-electron chi connectivity index (χ4n) is 1.56. The lowest BCUT2D eigenvalue weighted by molar-refractivity contribution is -0.138. The van der Waals surface area contributed by atoms with E-state index in [4.69, 9.17) is 5.11 Å². The third-order valence-corrected chi connectivity index (χ3v) is 2.41. The van der Waals surface area contributed by atoms with Crippen molar-refractivity contribution in [1.82, 2.24) is 4.98 Å². The summed E-state index contributed by atoms with van der Waals surface area (Å²) in [7, 11) is 0. The standard InChI is InChI=1S/C12H15F3N2O2/c1-7(2)5-9(11(18)19)17-10-6-8(3-4-16-10)12(13,14)15/h3-4,6-7,9H,5H2,1-2H3,(H,16,17)(H,18,19)/t9-/m1/s1. The van der Waals surface area contributed by atoms with Gasteiger partial charge in [-0.1, -0.05) is 13.8 Å². The maximum atomic E-state index is 12.5. The van der Waals surface area contributed by atoms with Crippen LogP contribution in [0.15, 0.2) is 18.3 Å². The van der Waals surface area contributed by atoms with Crippen molar-refractivity contribution in [3.05, 3.63) is 23.9 Å². The van der Waals surface area contributed by atoms with Gasteiger partial charge in [-0.25, -0.2) is 9.78 Å². The van der Waals surface area contributed by atoms with Crippen LogP contribution in [0.25, 0.3) is 0 Å². The van der Waals surface area contributed by atoms with Crippen LogP contribution in [0.1, 0.15) is 25.8 Å². The number of nitrogens with zero attached hydrogens (tertiary/aromatic N) is 1. The van der Waals surface area contributed by atoms with E-state index < -0.39 is 23.8 Å². The Morgan fingerprint density at radius 2 is 2.11 bits per heavy atom. The Bertz CT molecular complexity index is 447. The van der Waals surface area contributed by atoms with Gasteiger partial charge in [-0.05, 0) is 24.5 Å². The van der Waals surface area contributed by atoms with Crippen LogP contribution in [0.5, 0.6) is 0 Å². The van der Waals surface area contributed by atoms with Crippen LogP contribution in [0.4, 0.5) is 19.0 Å².